The number of aryl methyl sites for hydroxylation is 1. The lowest BCUT2D eigenvalue weighted by atomic mass is 9.91. The van der Waals surface area contributed by atoms with Crippen molar-refractivity contribution in [1.82, 2.24) is 0 Å². The van der Waals surface area contributed by atoms with Gasteiger partial charge < -0.3 is 10.8 Å². The van der Waals surface area contributed by atoms with Crippen molar-refractivity contribution >= 4 is 0 Å². The van der Waals surface area contributed by atoms with Gasteiger partial charge in [0.15, 0.2) is 0 Å². The van der Waals surface area contributed by atoms with Crippen molar-refractivity contribution in [1.29, 1.82) is 0 Å². The molecule has 0 aliphatic carbocycles. The Labute approximate surface area is 121 Å². The monoisotopic (exact) mass is 269 g/mol. The Balaban J connectivity index is 2.38. The minimum Gasteiger partial charge on any atom is -0.384 e. The summed E-state index contributed by atoms with van der Waals surface area (Å²) >= 11 is 0. The second-order valence-electron chi connectivity index (χ2n) is 5.41. The van der Waals surface area contributed by atoms with E-state index in [0.717, 1.165) is 17.5 Å². The first-order valence-corrected chi connectivity index (χ1v) is 7.08. The molecule has 0 aromatic heterocycles. The van der Waals surface area contributed by atoms with Crippen LogP contribution in [-0.2, 0) is 6.42 Å². The lowest BCUT2D eigenvalue weighted by Crippen LogP contribution is -2.06. The second-order valence-corrected chi connectivity index (χ2v) is 5.41. The highest BCUT2D eigenvalue weighted by molar-refractivity contribution is 5.43. The van der Waals surface area contributed by atoms with Crippen molar-refractivity contribution in [3.8, 4) is 0 Å². The summed E-state index contributed by atoms with van der Waals surface area (Å²) in [5.41, 5.74) is 12.4. The van der Waals surface area contributed by atoms with Gasteiger partial charge in [0.1, 0.15) is 6.10 Å². The number of nitrogens with two attached hydrogens (primary N) is 1. The van der Waals surface area contributed by atoms with Crippen LogP contribution in [-0.4, -0.2) is 11.7 Å². The molecule has 0 aliphatic rings. The van der Waals surface area contributed by atoms with Crippen LogP contribution in [0.3, 0.4) is 0 Å². The van der Waals surface area contributed by atoms with Gasteiger partial charge in [0.2, 0.25) is 0 Å². The van der Waals surface area contributed by atoms with Crippen LogP contribution < -0.4 is 5.73 Å². The lowest BCUT2D eigenvalue weighted by Gasteiger charge is -2.18. The maximum atomic E-state index is 10.6. The van der Waals surface area contributed by atoms with Crippen molar-refractivity contribution < 1.29 is 5.11 Å². The topological polar surface area (TPSA) is 46.2 Å². The molecular formula is C18H23NO. The fourth-order valence-corrected chi connectivity index (χ4v) is 2.54. The second kappa shape index (κ2) is 6.21. The number of aliphatic hydroxyl groups excluding tert-OH is 1. The van der Waals surface area contributed by atoms with Crippen molar-refractivity contribution in [2.24, 2.45) is 5.73 Å². The van der Waals surface area contributed by atoms with E-state index in [2.05, 4.69) is 32.9 Å². The van der Waals surface area contributed by atoms with Gasteiger partial charge in [-0.25, -0.2) is 0 Å². The molecule has 0 radical (unpaired) electrons. The Morgan fingerprint density at radius 3 is 2.50 bits per heavy atom. The van der Waals surface area contributed by atoms with Gasteiger partial charge in [0.25, 0.3) is 0 Å². The van der Waals surface area contributed by atoms with E-state index < -0.39 is 6.10 Å². The quantitative estimate of drug-likeness (QED) is 0.895. The summed E-state index contributed by atoms with van der Waals surface area (Å²) in [6, 6.07) is 12.2. The maximum Gasteiger partial charge on any atom is 0.104 e. The van der Waals surface area contributed by atoms with Gasteiger partial charge in [-0.2, -0.15) is 0 Å². The Kier molecular flexibility index (Phi) is 4.58. The fraction of sp³-hybridized carbons (Fsp3) is 0.333. The highest BCUT2D eigenvalue weighted by atomic mass is 16.3. The zero-order valence-electron chi connectivity index (χ0n) is 12.5. The number of aliphatic hydroxyl groups is 1. The molecule has 2 rings (SSSR count). The van der Waals surface area contributed by atoms with Crippen LogP contribution in [0.15, 0.2) is 36.4 Å². The van der Waals surface area contributed by atoms with Gasteiger partial charge >= 0.3 is 0 Å². The lowest BCUT2D eigenvalue weighted by molar-refractivity contribution is 0.219. The van der Waals surface area contributed by atoms with E-state index >= 15 is 0 Å². The first-order chi connectivity index (χ1) is 9.54. The van der Waals surface area contributed by atoms with Crippen molar-refractivity contribution in [3.05, 3.63) is 69.8 Å². The molecule has 0 saturated carbocycles. The molecule has 2 heteroatoms. The van der Waals surface area contributed by atoms with Crippen LogP contribution in [0.1, 0.15) is 39.5 Å². The molecule has 0 saturated heterocycles. The predicted octanol–water partition coefficient (Wildman–Crippen LogP) is 3.19. The molecule has 2 nitrogen and oxygen atoms in total. The maximum absolute atomic E-state index is 10.6. The molecule has 0 bridgehead atoms. The summed E-state index contributed by atoms with van der Waals surface area (Å²) in [5, 5.41) is 10.6. The van der Waals surface area contributed by atoms with Crippen LogP contribution in [0.2, 0.25) is 0 Å². The van der Waals surface area contributed by atoms with E-state index in [1.807, 2.05) is 24.3 Å². The molecule has 0 spiro atoms. The summed E-state index contributed by atoms with van der Waals surface area (Å²) < 4.78 is 0. The minimum absolute atomic E-state index is 0.577. The molecule has 0 fully saturated rings. The molecule has 0 amide bonds. The van der Waals surface area contributed by atoms with E-state index in [0.29, 0.717) is 6.54 Å². The average molecular weight is 269 g/mol. The van der Waals surface area contributed by atoms with E-state index in [9.17, 15) is 5.11 Å². The van der Waals surface area contributed by atoms with E-state index in [1.165, 1.54) is 22.3 Å². The predicted molar refractivity (Wildman–Crippen MR) is 83.9 cm³/mol. The van der Waals surface area contributed by atoms with Gasteiger partial charge in [-0.1, -0.05) is 36.4 Å². The van der Waals surface area contributed by atoms with Crippen LogP contribution in [0, 0.1) is 20.8 Å². The van der Waals surface area contributed by atoms with E-state index in [-0.39, 0.29) is 0 Å². The third-order valence-corrected chi connectivity index (χ3v) is 4.09. The van der Waals surface area contributed by atoms with E-state index in [1.54, 1.807) is 0 Å². The van der Waals surface area contributed by atoms with Gasteiger partial charge in [0, 0.05) is 0 Å². The highest BCUT2D eigenvalue weighted by Gasteiger charge is 2.15. The summed E-state index contributed by atoms with van der Waals surface area (Å²) in [5.74, 6) is 0. The van der Waals surface area contributed by atoms with Crippen molar-refractivity contribution in [3.63, 3.8) is 0 Å². The third-order valence-electron chi connectivity index (χ3n) is 4.09. The standard InChI is InChI=1S/C18H23NO/c1-12-7-8-17(14(3)13(12)2)18(20)16-6-4-5-15(11-16)9-10-19/h4-8,11,18,20H,9-10,19H2,1-3H3. The van der Waals surface area contributed by atoms with Crippen LogP contribution in [0.25, 0.3) is 0 Å². The molecule has 1 unspecified atom stereocenters. The summed E-state index contributed by atoms with van der Waals surface area (Å²) in [6.45, 7) is 6.90. The minimum atomic E-state index is -0.577. The molecule has 0 heterocycles. The van der Waals surface area contributed by atoms with E-state index in [4.69, 9.17) is 5.73 Å². The third kappa shape index (κ3) is 2.92. The summed E-state index contributed by atoms with van der Waals surface area (Å²) in [7, 11) is 0. The van der Waals surface area contributed by atoms with Crippen LogP contribution in [0.5, 0.6) is 0 Å². The smallest absolute Gasteiger partial charge is 0.104 e. The normalized spacial score (nSPS) is 12.4. The molecule has 2 aromatic rings. The molecule has 1 atom stereocenters. The highest BCUT2D eigenvalue weighted by Crippen LogP contribution is 2.28. The van der Waals surface area contributed by atoms with Crippen LogP contribution >= 0.6 is 0 Å². The average Bonchev–Trinajstić information content (AvgIpc) is 2.45. The van der Waals surface area contributed by atoms with Gasteiger partial charge in [-0.15, -0.1) is 0 Å². The molecule has 20 heavy (non-hydrogen) atoms. The van der Waals surface area contributed by atoms with Gasteiger partial charge in [-0.05, 0) is 67.1 Å². The zero-order chi connectivity index (χ0) is 14.7. The molecule has 106 valence electrons. The Bertz CT molecular complexity index is 604. The van der Waals surface area contributed by atoms with Gasteiger partial charge in [0.05, 0.1) is 0 Å². The number of hydrogen-bond donors (Lipinski definition) is 2. The first-order valence-electron chi connectivity index (χ1n) is 7.08. The Morgan fingerprint density at radius 1 is 1.05 bits per heavy atom. The molecule has 3 N–H and O–H groups in total. The van der Waals surface area contributed by atoms with Crippen LogP contribution in [0.4, 0.5) is 0 Å². The number of rotatable bonds is 4. The Hall–Kier alpha value is -1.64. The first kappa shape index (κ1) is 14.8. The largest absolute Gasteiger partial charge is 0.384 e. The van der Waals surface area contributed by atoms with Crippen molar-refractivity contribution in [2.45, 2.75) is 33.3 Å². The van der Waals surface area contributed by atoms with Crippen molar-refractivity contribution in [2.75, 3.05) is 6.54 Å². The Morgan fingerprint density at radius 2 is 1.80 bits per heavy atom. The number of hydrogen-bond acceptors (Lipinski definition) is 2. The fourth-order valence-electron chi connectivity index (χ4n) is 2.54. The molecule has 2 aromatic carbocycles. The zero-order valence-corrected chi connectivity index (χ0v) is 12.5. The summed E-state index contributed by atoms with van der Waals surface area (Å²) in [6.07, 6.45) is 0.263. The molecular weight excluding hydrogens is 246 g/mol. The summed E-state index contributed by atoms with van der Waals surface area (Å²) in [4.78, 5) is 0. The molecule has 0 aliphatic heterocycles. The van der Waals surface area contributed by atoms with Gasteiger partial charge in [-0.3, -0.25) is 0 Å². The SMILES string of the molecule is Cc1ccc(C(O)c2cccc(CCN)c2)c(C)c1C. The number of benzene rings is 2.